The van der Waals surface area contributed by atoms with Gasteiger partial charge in [-0.1, -0.05) is 0 Å². The molecular formula is C4H8O3P+. The van der Waals surface area contributed by atoms with E-state index in [2.05, 4.69) is 0 Å². The van der Waals surface area contributed by atoms with Crippen LogP contribution in [-0.4, -0.2) is 26.0 Å². The number of rotatable bonds is 0. The highest BCUT2D eigenvalue weighted by Crippen LogP contribution is 2.67. The fourth-order valence-electron chi connectivity index (χ4n) is 0.915. The number of hydrogen-bond acceptors (Lipinski definition) is 3. The largest absolute Gasteiger partial charge is 0.408 e. The molecule has 0 aromatic heterocycles. The van der Waals surface area contributed by atoms with E-state index in [0.717, 1.165) is 13.2 Å². The third-order valence-corrected chi connectivity index (χ3v) is 3.25. The Morgan fingerprint density at radius 3 is 2.12 bits per heavy atom. The van der Waals surface area contributed by atoms with Crippen LogP contribution in [0.15, 0.2) is 0 Å². The smallest absolute Gasteiger partial charge is 0.175 e. The van der Waals surface area contributed by atoms with E-state index < -0.39 is 7.94 Å². The van der Waals surface area contributed by atoms with E-state index in [9.17, 15) is 0 Å². The second-order valence-electron chi connectivity index (χ2n) is 2.09. The lowest BCUT2D eigenvalue weighted by Gasteiger charge is -2.04. The summed E-state index contributed by atoms with van der Waals surface area (Å²) in [5.74, 6) is 0. The third kappa shape index (κ3) is 0.594. The van der Waals surface area contributed by atoms with Gasteiger partial charge in [0.25, 0.3) is 0 Å². The minimum absolute atomic E-state index is 0.244. The second-order valence-corrected chi connectivity index (χ2v) is 4.36. The van der Waals surface area contributed by atoms with Crippen molar-refractivity contribution in [1.82, 2.24) is 0 Å². The van der Waals surface area contributed by atoms with Crippen LogP contribution in [0.5, 0.6) is 0 Å². The molecule has 0 radical (unpaired) electrons. The average Bonchev–Trinajstić information content (AvgIpc) is 2.21. The number of hydrogen-bond donors (Lipinski definition) is 0. The fourth-order valence-corrected chi connectivity index (χ4v) is 2.65. The van der Waals surface area contributed by atoms with Gasteiger partial charge in [0.1, 0.15) is 19.9 Å². The van der Waals surface area contributed by atoms with E-state index in [1.807, 2.05) is 6.66 Å². The second kappa shape index (κ2) is 1.42. The van der Waals surface area contributed by atoms with Crippen molar-refractivity contribution in [2.24, 2.45) is 0 Å². The molecular weight excluding hydrogens is 127 g/mol. The first-order valence-electron chi connectivity index (χ1n) is 2.62. The molecule has 2 rings (SSSR count). The van der Waals surface area contributed by atoms with Gasteiger partial charge in [0.2, 0.25) is 0 Å². The quantitative estimate of drug-likeness (QED) is 0.460. The first-order valence-corrected chi connectivity index (χ1v) is 4.61. The summed E-state index contributed by atoms with van der Waals surface area (Å²) in [5.41, 5.74) is 0. The van der Waals surface area contributed by atoms with E-state index >= 15 is 0 Å². The van der Waals surface area contributed by atoms with Gasteiger partial charge in [0.05, 0.1) is 0 Å². The summed E-state index contributed by atoms with van der Waals surface area (Å²) >= 11 is 0. The molecule has 8 heavy (non-hydrogen) atoms. The van der Waals surface area contributed by atoms with E-state index in [4.69, 9.17) is 13.6 Å². The van der Waals surface area contributed by atoms with Crippen molar-refractivity contribution in [3.05, 3.63) is 0 Å². The predicted molar refractivity (Wildman–Crippen MR) is 29.6 cm³/mol. The molecule has 0 unspecified atom stereocenters. The van der Waals surface area contributed by atoms with Gasteiger partial charge < -0.3 is 0 Å². The van der Waals surface area contributed by atoms with Crippen LogP contribution < -0.4 is 0 Å². The van der Waals surface area contributed by atoms with E-state index in [0.29, 0.717) is 0 Å². The topological polar surface area (TPSA) is 27.7 Å². The standard InChI is InChI=1S/C4H8O3P/c1-8-5-2-4(7-8)3-6-8/h4H,2-3H2,1H3/q+1. The maximum absolute atomic E-state index is 5.33. The van der Waals surface area contributed by atoms with Crippen molar-refractivity contribution < 1.29 is 13.6 Å². The molecule has 2 heterocycles. The van der Waals surface area contributed by atoms with Gasteiger partial charge in [-0.3, -0.25) is 0 Å². The molecule has 3 nitrogen and oxygen atoms in total. The molecule has 46 valence electrons. The molecule has 2 fully saturated rings. The zero-order valence-electron chi connectivity index (χ0n) is 4.66. The monoisotopic (exact) mass is 135 g/mol. The lowest BCUT2D eigenvalue weighted by Crippen LogP contribution is -2.13. The first kappa shape index (κ1) is 5.12. The van der Waals surface area contributed by atoms with Gasteiger partial charge in [-0.05, 0) is 0 Å². The third-order valence-electron chi connectivity index (χ3n) is 1.33. The normalized spacial score (nSPS) is 52.9. The molecule has 2 saturated heterocycles. The van der Waals surface area contributed by atoms with Crippen LogP contribution in [0.1, 0.15) is 0 Å². The van der Waals surface area contributed by atoms with Crippen molar-refractivity contribution in [3.8, 4) is 0 Å². The maximum atomic E-state index is 5.33. The summed E-state index contributed by atoms with van der Waals surface area (Å²) in [5, 5.41) is 0. The van der Waals surface area contributed by atoms with Crippen LogP contribution >= 0.6 is 7.94 Å². The van der Waals surface area contributed by atoms with Crippen LogP contribution in [0.2, 0.25) is 0 Å². The molecule has 0 amide bonds. The van der Waals surface area contributed by atoms with Crippen molar-refractivity contribution in [1.29, 1.82) is 0 Å². The lowest BCUT2D eigenvalue weighted by atomic mass is 10.4. The van der Waals surface area contributed by atoms with Gasteiger partial charge in [-0.15, -0.1) is 0 Å². The average molecular weight is 135 g/mol. The lowest BCUT2D eigenvalue weighted by molar-refractivity contribution is 0.176. The number of fused-ring (bicyclic) bond motifs is 2. The molecule has 2 aliphatic heterocycles. The van der Waals surface area contributed by atoms with Crippen molar-refractivity contribution in [2.75, 3.05) is 19.9 Å². The zero-order valence-corrected chi connectivity index (χ0v) is 5.56. The Morgan fingerprint density at radius 2 is 2.00 bits per heavy atom. The Hall–Kier alpha value is 0.310. The van der Waals surface area contributed by atoms with Crippen LogP contribution in [0.4, 0.5) is 0 Å². The summed E-state index contributed by atoms with van der Waals surface area (Å²) in [4.78, 5) is 0. The fraction of sp³-hybridized carbons (Fsp3) is 1.00. The molecule has 0 atom stereocenters. The summed E-state index contributed by atoms with van der Waals surface area (Å²) in [6, 6.07) is 0. The molecule has 2 aliphatic rings. The van der Waals surface area contributed by atoms with Gasteiger partial charge in [-0.2, -0.15) is 13.6 Å². The Labute approximate surface area is 48.5 Å². The molecule has 4 heteroatoms. The minimum atomic E-state index is -1.73. The molecule has 0 aromatic rings. The van der Waals surface area contributed by atoms with E-state index in [1.165, 1.54) is 0 Å². The van der Waals surface area contributed by atoms with Crippen molar-refractivity contribution in [2.45, 2.75) is 6.10 Å². The van der Waals surface area contributed by atoms with Gasteiger partial charge >= 0.3 is 7.94 Å². The van der Waals surface area contributed by atoms with Crippen LogP contribution in [0.3, 0.4) is 0 Å². The molecule has 0 saturated carbocycles. The predicted octanol–water partition coefficient (Wildman–Crippen LogP) is 0.824. The minimum Gasteiger partial charge on any atom is -0.175 e. The Balaban J connectivity index is 2.19. The molecule has 2 bridgehead atoms. The summed E-state index contributed by atoms with van der Waals surface area (Å²) in [6.45, 7) is 3.38. The summed E-state index contributed by atoms with van der Waals surface area (Å²) in [6.07, 6.45) is 0.244. The highest BCUT2D eigenvalue weighted by atomic mass is 31.2. The molecule has 0 spiro atoms. The van der Waals surface area contributed by atoms with Gasteiger partial charge in [0.15, 0.2) is 6.10 Å². The summed E-state index contributed by atoms with van der Waals surface area (Å²) in [7, 11) is -1.73. The SMILES string of the molecule is C[P+]12OCC(CO1)O2. The summed E-state index contributed by atoms with van der Waals surface area (Å²) < 4.78 is 15.7. The Kier molecular flexibility index (Phi) is 0.910. The zero-order chi connectivity index (χ0) is 5.61. The van der Waals surface area contributed by atoms with Crippen molar-refractivity contribution >= 4 is 7.94 Å². The maximum Gasteiger partial charge on any atom is 0.408 e. The highest BCUT2D eigenvalue weighted by Gasteiger charge is 2.56. The van der Waals surface area contributed by atoms with Gasteiger partial charge in [0, 0.05) is 0 Å². The molecule has 0 N–H and O–H groups in total. The van der Waals surface area contributed by atoms with Crippen LogP contribution in [0, 0.1) is 0 Å². The van der Waals surface area contributed by atoms with Crippen molar-refractivity contribution in [3.63, 3.8) is 0 Å². The highest BCUT2D eigenvalue weighted by molar-refractivity contribution is 7.61. The van der Waals surface area contributed by atoms with Crippen LogP contribution in [-0.2, 0) is 13.6 Å². The Bertz CT molecular complexity index is 108. The molecule has 0 aromatic carbocycles. The van der Waals surface area contributed by atoms with E-state index in [1.54, 1.807) is 0 Å². The molecule has 0 aliphatic carbocycles. The van der Waals surface area contributed by atoms with Crippen LogP contribution in [0.25, 0.3) is 0 Å². The Morgan fingerprint density at radius 1 is 1.38 bits per heavy atom. The van der Waals surface area contributed by atoms with E-state index in [-0.39, 0.29) is 6.10 Å². The first-order chi connectivity index (χ1) is 3.79. The van der Waals surface area contributed by atoms with Gasteiger partial charge in [-0.25, -0.2) is 0 Å².